The van der Waals surface area contributed by atoms with Crippen LogP contribution < -0.4 is 9.64 Å². The van der Waals surface area contributed by atoms with Crippen molar-refractivity contribution in [2.45, 2.75) is 43.5 Å². The Labute approximate surface area is 181 Å². The topological polar surface area (TPSA) is 88.8 Å². The van der Waals surface area contributed by atoms with Crippen molar-refractivity contribution in [2.75, 3.05) is 44.4 Å². The predicted molar refractivity (Wildman–Crippen MR) is 111 cm³/mol. The first-order chi connectivity index (χ1) is 14.6. The number of rotatable bonds is 8. The van der Waals surface area contributed by atoms with E-state index < -0.39 is 26.4 Å². The zero-order valence-corrected chi connectivity index (χ0v) is 19.0. The van der Waals surface area contributed by atoms with E-state index in [0.29, 0.717) is 24.4 Å². The van der Waals surface area contributed by atoms with Gasteiger partial charge in [0.2, 0.25) is 0 Å². The van der Waals surface area contributed by atoms with E-state index in [9.17, 15) is 17.2 Å². The van der Waals surface area contributed by atoms with Gasteiger partial charge in [-0.25, -0.2) is 17.2 Å². The molecule has 1 aromatic carbocycles. The molecule has 1 fully saturated rings. The molecule has 1 aliphatic rings. The van der Waals surface area contributed by atoms with Crippen LogP contribution in [0.3, 0.4) is 0 Å². The zero-order chi connectivity index (χ0) is 22.8. The smallest absolute Gasteiger partial charge is 0.324 e. The lowest BCUT2D eigenvalue weighted by Gasteiger charge is -2.35. The number of benzene rings is 1. The first-order valence-corrected chi connectivity index (χ1v) is 12.1. The molecule has 1 aliphatic heterocycles. The second kappa shape index (κ2) is 9.47. The second-order valence-corrected chi connectivity index (χ2v) is 10.1. The number of anilines is 1. The average Bonchev–Trinajstić information content (AvgIpc) is 3.17. The first-order valence-electron chi connectivity index (χ1n) is 10.2. The lowest BCUT2D eigenvalue weighted by molar-refractivity contribution is 0.168. The van der Waals surface area contributed by atoms with E-state index in [2.05, 4.69) is 19.9 Å². The van der Waals surface area contributed by atoms with Gasteiger partial charge in [0.15, 0.2) is 15.7 Å². The molecule has 31 heavy (non-hydrogen) atoms. The Morgan fingerprint density at radius 2 is 1.87 bits per heavy atom. The van der Waals surface area contributed by atoms with Crippen molar-refractivity contribution >= 4 is 15.9 Å². The van der Waals surface area contributed by atoms with E-state index in [1.54, 1.807) is 0 Å². The summed E-state index contributed by atoms with van der Waals surface area (Å²) in [5, 5.41) is 4.00. The third-order valence-corrected chi connectivity index (χ3v) is 6.49. The van der Waals surface area contributed by atoms with E-state index in [4.69, 9.17) is 9.26 Å². The SMILES string of the molecule is CC(C)c1noc(N2CCC(N(C)CCOc3cc(F)c(S(C)(=O)=O)c(F)c3)CC2)n1. The summed E-state index contributed by atoms with van der Waals surface area (Å²) in [5.41, 5.74) is 0. The lowest BCUT2D eigenvalue weighted by Crippen LogP contribution is -2.44. The Balaban J connectivity index is 1.48. The zero-order valence-electron chi connectivity index (χ0n) is 18.1. The molecule has 2 aromatic rings. The molecule has 1 saturated heterocycles. The number of nitrogens with zero attached hydrogens (tertiary/aromatic N) is 4. The Morgan fingerprint density at radius 3 is 2.39 bits per heavy atom. The highest BCUT2D eigenvalue weighted by Crippen LogP contribution is 2.25. The molecule has 11 heteroatoms. The van der Waals surface area contributed by atoms with Crippen molar-refractivity contribution in [3.8, 4) is 5.75 Å². The maximum absolute atomic E-state index is 14.0. The minimum absolute atomic E-state index is 0.0389. The van der Waals surface area contributed by atoms with Gasteiger partial charge in [-0.1, -0.05) is 19.0 Å². The van der Waals surface area contributed by atoms with Crippen molar-refractivity contribution in [2.24, 2.45) is 0 Å². The maximum atomic E-state index is 14.0. The molecule has 0 saturated carbocycles. The monoisotopic (exact) mass is 458 g/mol. The van der Waals surface area contributed by atoms with Gasteiger partial charge in [-0.15, -0.1) is 0 Å². The lowest BCUT2D eigenvalue weighted by atomic mass is 10.0. The number of hydrogen-bond acceptors (Lipinski definition) is 8. The summed E-state index contributed by atoms with van der Waals surface area (Å²) in [6.07, 6.45) is 2.57. The molecular weight excluding hydrogens is 430 g/mol. The molecule has 1 aromatic heterocycles. The Kier molecular flexibility index (Phi) is 7.15. The Bertz CT molecular complexity index is 981. The molecule has 2 heterocycles. The highest BCUT2D eigenvalue weighted by Gasteiger charge is 2.26. The maximum Gasteiger partial charge on any atom is 0.324 e. The van der Waals surface area contributed by atoms with Crippen molar-refractivity contribution in [1.82, 2.24) is 15.0 Å². The van der Waals surface area contributed by atoms with Crippen LogP contribution in [0, 0.1) is 11.6 Å². The van der Waals surface area contributed by atoms with Crippen LogP contribution in [0.4, 0.5) is 14.8 Å². The third-order valence-electron chi connectivity index (χ3n) is 5.36. The van der Waals surface area contributed by atoms with Gasteiger partial charge < -0.3 is 14.2 Å². The largest absolute Gasteiger partial charge is 0.492 e. The van der Waals surface area contributed by atoms with Crippen LogP contribution in [0.2, 0.25) is 0 Å². The molecule has 0 N–H and O–H groups in total. The number of hydrogen-bond donors (Lipinski definition) is 0. The van der Waals surface area contributed by atoms with Gasteiger partial charge in [0, 0.05) is 50.0 Å². The fraction of sp³-hybridized carbons (Fsp3) is 0.600. The van der Waals surface area contributed by atoms with Crippen LogP contribution >= 0.6 is 0 Å². The molecule has 172 valence electrons. The summed E-state index contributed by atoms with van der Waals surface area (Å²) < 4.78 is 61.7. The van der Waals surface area contributed by atoms with Crippen LogP contribution in [0.1, 0.15) is 38.4 Å². The highest BCUT2D eigenvalue weighted by molar-refractivity contribution is 7.90. The molecule has 0 atom stereocenters. The van der Waals surface area contributed by atoms with Gasteiger partial charge in [-0.05, 0) is 19.9 Å². The fourth-order valence-corrected chi connectivity index (χ4v) is 4.38. The van der Waals surface area contributed by atoms with E-state index in [0.717, 1.165) is 44.3 Å². The number of piperidine rings is 1. The second-order valence-electron chi connectivity index (χ2n) is 8.13. The Hall–Kier alpha value is -2.27. The number of aromatic nitrogens is 2. The van der Waals surface area contributed by atoms with E-state index >= 15 is 0 Å². The van der Waals surface area contributed by atoms with Gasteiger partial charge in [-0.2, -0.15) is 4.98 Å². The summed E-state index contributed by atoms with van der Waals surface area (Å²) in [6.45, 7) is 6.38. The van der Waals surface area contributed by atoms with Gasteiger partial charge in [0.25, 0.3) is 0 Å². The minimum Gasteiger partial charge on any atom is -0.492 e. The van der Waals surface area contributed by atoms with E-state index in [1.165, 1.54) is 0 Å². The molecule has 0 amide bonds. The molecular formula is C20H28F2N4O4S. The minimum atomic E-state index is -3.99. The summed E-state index contributed by atoms with van der Waals surface area (Å²) in [4.78, 5) is 7.72. The van der Waals surface area contributed by atoms with Crippen molar-refractivity contribution in [3.05, 3.63) is 29.6 Å². The summed E-state index contributed by atoms with van der Waals surface area (Å²) in [7, 11) is -2.02. The quantitative estimate of drug-likeness (QED) is 0.597. The van der Waals surface area contributed by atoms with Crippen molar-refractivity contribution in [1.29, 1.82) is 0 Å². The summed E-state index contributed by atoms with van der Waals surface area (Å²) in [5.74, 6) is -1.43. The Morgan fingerprint density at radius 1 is 1.26 bits per heavy atom. The van der Waals surface area contributed by atoms with Crippen molar-refractivity contribution < 1.29 is 26.5 Å². The van der Waals surface area contributed by atoms with Gasteiger partial charge in [-0.3, -0.25) is 4.90 Å². The van der Waals surface area contributed by atoms with Crippen molar-refractivity contribution in [3.63, 3.8) is 0 Å². The molecule has 0 radical (unpaired) electrons. The standard InChI is InChI=1S/C20H28F2N4O4S/c1-13(2)19-23-20(30-24-19)26-7-5-14(6-8-26)25(3)9-10-29-15-11-16(21)18(17(22)12-15)31(4,27)28/h11-14H,5-10H2,1-4H3. The van der Waals surface area contributed by atoms with E-state index in [1.807, 2.05) is 20.9 Å². The number of likely N-dealkylation sites (N-methyl/N-ethyl adjacent to an activating group) is 1. The average molecular weight is 459 g/mol. The van der Waals surface area contributed by atoms with Crippen LogP contribution in [0.5, 0.6) is 5.75 Å². The van der Waals surface area contributed by atoms with Crippen LogP contribution in [0.25, 0.3) is 0 Å². The summed E-state index contributed by atoms with van der Waals surface area (Å²) in [6, 6.07) is 2.67. The number of ether oxygens (including phenoxy) is 1. The molecule has 0 unspecified atom stereocenters. The molecule has 0 bridgehead atoms. The molecule has 0 spiro atoms. The normalized spacial score (nSPS) is 15.8. The van der Waals surface area contributed by atoms with Gasteiger partial charge >= 0.3 is 6.01 Å². The fourth-order valence-electron chi connectivity index (χ4n) is 3.55. The predicted octanol–water partition coefficient (Wildman–Crippen LogP) is 2.85. The summed E-state index contributed by atoms with van der Waals surface area (Å²) >= 11 is 0. The van der Waals surface area contributed by atoms with Crippen LogP contribution in [0.15, 0.2) is 21.6 Å². The van der Waals surface area contributed by atoms with E-state index in [-0.39, 0.29) is 18.3 Å². The molecule has 0 aliphatic carbocycles. The third kappa shape index (κ3) is 5.70. The number of halogens is 2. The molecule has 3 rings (SSSR count). The van der Waals surface area contributed by atoms with Crippen LogP contribution in [-0.4, -0.2) is 69.0 Å². The number of sulfone groups is 1. The van der Waals surface area contributed by atoms with Crippen LogP contribution in [-0.2, 0) is 9.84 Å². The highest BCUT2D eigenvalue weighted by atomic mass is 32.2. The first kappa shape index (κ1) is 23.4. The van der Waals surface area contributed by atoms with Gasteiger partial charge in [0.1, 0.15) is 28.9 Å². The van der Waals surface area contributed by atoms with Gasteiger partial charge in [0.05, 0.1) is 0 Å². The molecule has 8 nitrogen and oxygen atoms in total.